The van der Waals surface area contributed by atoms with E-state index in [4.69, 9.17) is 0 Å². The van der Waals surface area contributed by atoms with Gasteiger partial charge in [0.15, 0.2) is 0 Å². The van der Waals surface area contributed by atoms with Gasteiger partial charge in [0.2, 0.25) is 0 Å². The summed E-state index contributed by atoms with van der Waals surface area (Å²) in [4.78, 5) is 14.5. The lowest BCUT2D eigenvalue weighted by Crippen LogP contribution is -2.36. The molecular weight excluding hydrogens is 556 g/mol. The molecular formula is C33H35F6NO2. The summed E-state index contributed by atoms with van der Waals surface area (Å²) in [5.74, 6) is -1.61. The number of benzene rings is 3. The number of hydrogen-bond donors (Lipinski definition) is 1. The van der Waals surface area contributed by atoms with Gasteiger partial charge in [0.05, 0.1) is 17.0 Å². The fraction of sp³-hybridized carbons (Fsp3) is 0.424. The van der Waals surface area contributed by atoms with Crippen LogP contribution < -0.4 is 0 Å². The third kappa shape index (κ3) is 7.54. The number of alkyl halides is 6. The first-order valence-corrected chi connectivity index (χ1v) is 14.1. The Hall–Kier alpha value is -3.33. The molecule has 9 heteroatoms. The lowest BCUT2D eigenvalue weighted by atomic mass is 9.82. The van der Waals surface area contributed by atoms with Gasteiger partial charge in [0, 0.05) is 12.6 Å². The fourth-order valence-corrected chi connectivity index (χ4v) is 5.77. The minimum atomic E-state index is -4.47. The minimum absolute atomic E-state index is 0.0114. The lowest BCUT2D eigenvalue weighted by molar-refractivity contribution is -0.139. The number of carbonyl (C=O) groups is 1. The van der Waals surface area contributed by atoms with Crippen molar-refractivity contribution in [2.75, 3.05) is 13.1 Å². The number of carboxylic acids is 1. The second-order valence-corrected chi connectivity index (χ2v) is 11.6. The van der Waals surface area contributed by atoms with Gasteiger partial charge in [-0.2, -0.15) is 26.3 Å². The van der Waals surface area contributed by atoms with Gasteiger partial charge in [-0.1, -0.05) is 56.3 Å². The number of halogens is 6. The number of rotatable bonds is 8. The summed E-state index contributed by atoms with van der Waals surface area (Å²) in [5, 5.41) is 10.1. The molecule has 1 saturated heterocycles. The first-order valence-electron chi connectivity index (χ1n) is 14.1. The third-order valence-electron chi connectivity index (χ3n) is 8.12. The molecule has 1 N–H and O–H groups in total. The van der Waals surface area contributed by atoms with Gasteiger partial charge in [-0.25, -0.2) is 0 Å². The predicted molar refractivity (Wildman–Crippen MR) is 150 cm³/mol. The summed E-state index contributed by atoms with van der Waals surface area (Å²) in [6, 6.07) is 15.5. The molecule has 1 aliphatic heterocycles. The number of piperidine rings is 1. The van der Waals surface area contributed by atoms with Crippen LogP contribution in [-0.2, 0) is 17.1 Å². The van der Waals surface area contributed by atoms with Gasteiger partial charge in [0.25, 0.3) is 0 Å². The second-order valence-electron chi connectivity index (χ2n) is 11.6. The molecule has 1 fully saturated rings. The van der Waals surface area contributed by atoms with Crippen LogP contribution >= 0.6 is 0 Å². The van der Waals surface area contributed by atoms with E-state index in [1.54, 1.807) is 6.07 Å². The molecule has 0 aliphatic carbocycles. The number of hydrogen-bond acceptors (Lipinski definition) is 2. The van der Waals surface area contributed by atoms with Crippen LogP contribution in [0.1, 0.15) is 85.7 Å². The summed E-state index contributed by atoms with van der Waals surface area (Å²) in [7, 11) is 0. The summed E-state index contributed by atoms with van der Waals surface area (Å²) in [6.45, 7) is 7.21. The zero-order chi connectivity index (χ0) is 30.8. The third-order valence-corrected chi connectivity index (χ3v) is 8.12. The number of likely N-dealkylation sites (tertiary alicyclic amines) is 1. The predicted octanol–water partition coefficient (Wildman–Crippen LogP) is 9.55. The number of nitrogens with zero attached hydrogens (tertiary/aromatic N) is 1. The van der Waals surface area contributed by atoms with Crippen LogP contribution in [0, 0.1) is 5.92 Å². The van der Waals surface area contributed by atoms with Gasteiger partial charge in [-0.05, 0) is 96.6 Å². The Bertz CT molecular complexity index is 1360. The van der Waals surface area contributed by atoms with Gasteiger partial charge < -0.3 is 5.11 Å². The van der Waals surface area contributed by atoms with E-state index >= 15 is 0 Å². The van der Waals surface area contributed by atoms with Crippen LogP contribution in [0.25, 0.3) is 11.1 Å². The summed E-state index contributed by atoms with van der Waals surface area (Å²) < 4.78 is 78.7. The quantitative estimate of drug-likeness (QED) is 0.265. The largest absolute Gasteiger partial charge is 0.481 e. The Morgan fingerprint density at radius 2 is 1.40 bits per heavy atom. The zero-order valence-corrected chi connectivity index (χ0v) is 23.8. The summed E-state index contributed by atoms with van der Waals surface area (Å²) in [6.07, 6.45) is -6.80. The zero-order valence-electron chi connectivity index (χ0n) is 23.8. The minimum Gasteiger partial charge on any atom is -0.481 e. The summed E-state index contributed by atoms with van der Waals surface area (Å²) >= 11 is 0. The van der Waals surface area contributed by atoms with Gasteiger partial charge in [0.1, 0.15) is 0 Å². The van der Waals surface area contributed by atoms with E-state index in [0.29, 0.717) is 29.7 Å². The molecule has 3 aromatic rings. The van der Waals surface area contributed by atoms with Crippen molar-refractivity contribution in [3.63, 3.8) is 0 Å². The number of aliphatic carboxylic acids is 1. The molecule has 0 spiro atoms. The van der Waals surface area contributed by atoms with E-state index in [1.807, 2.05) is 32.9 Å². The number of carboxylic acid groups (broad SMARTS) is 1. The summed E-state index contributed by atoms with van der Waals surface area (Å²) in [5.41, 5.74) is 2.04. The highest BCUT2D eigenvalue weighted by Gasteiger charge is 2.32. The van der Waals surface area contributed by atoms with Crippen molar-refractivity contribution >= 4 is 5.97 Å². The van der Waals surface area contributed by atoms with E-state index in [1.165, 1.54) is 24.3 Å². The van der Waals surface area contributed by atoms with E-state index in [9.17, 15) is 36.2 Å². The van der Waals surface area contributed by atoms with Crippen molar-refractivity contribution < 1.29 is 36.2 Å². The molecule has 3 atom stereocenters. The molecule has 0 saturated carbocycles. The first kappa shape index (κ1) is 31.6. The van der Waals surface area contributed by atoms with Gasteiger partial charge in [-0.15, -0.1) is 0 Å². The molecule has 42 heavy (non-hydrogen) atoms. The molecule has 0 aromatic heterocycles. The van der Waals surface area contributed by atoms with Crippen LogP contribution in [0.3, 0.4) is 0 Å². The van der Waals surface area contributed by atoms with Crippen LogP contribution in [-0.4, -0.2) is 29.1 Å². The van der Waals surface area contributed by atoms with Crippen LogP contribution in [0.4, 0.5) is 26.3 Å². The van der Waals surface area contributed by atoms with E-state index in [0.717, 1.165) is 54.8 Å². The Morgan fingerprint density at radius 3 is 1.93 bits per heavy atom. The van der Waals surface area contributed by atoms with E-state index in [-0.39, 0.29) is 17.9 Å². The monoisotopic (exact) mass is 591 g/mol. The Balaban J connectivity index is 1.68. The molecule has 0 radical (unpaired) electrons. The van der Waals surface area contributed by atoms with Crippen molar-refractivity contribution in [3.05, 3.63) is 94.5 Å². The lowest BCUT2D eigenvalue weighted by Gasteiger charge is -2.37. The molecule has 226 valence electrons. The average Bonchev–Trinajstić information content (AvgIpc) is 2.94. The molecule has 3 aromatic carbocycles. The van der Waals surface area contributed by atoms with Gasteiger partial charge >= 0.3 is 18.3 Å². The van der Waals surface area contributed by atoms with Crippen molar-refractivity contribution in [1.29, 1.82) is 0 Å². The average molecular weight is 592 g/mol. The Labute approximate surface area is 242 Å². The Kier molecular flexibility index (Phi) is 9.40. The van der Waals surface area contributed by atoms with Crippen molar-refractivity contribution in [2.24, 2.45) is 5.92 Å². The molecule has 1 heterocycles. The van der Waals surface area contributed by atoms with Crippen molar-refractivity contribution in [3.8, 4) is 11.1 Å². The maximum absolute atomic E-state index is 13.2. The highest BCUT2D eigenvalue weighted by Crippen LogP contribution is 2.38. The Morgan fingerprint density at radius 1 is 0.833 bits per heavy atom. The normalized spacial score (nSPS) is 18.2. The highest BCUT2D eigenvalue weighted by atomic mass is 19.4. The molecule has 3 nitrogen and oxygen atoms in total. The smallest absolute Gasteiger partial charge is 0.416 e. The van der Waals surface area contributed by atoms with E-state index < -0.39 is 35.4 Å². The van der Waals surface area contributed by atoms with Gasteiger partial charge in [-0.3, -0.25) is 9.69 Å². The van der Waals surface area contributed by atoms with Crippen LogP contribution in [0.15, 0.2) is 66.7 Å². The second kappa shape index (κ2) is 12.5. The maximum atomic E-state index is 13.2. The fourth-order valence-electron chi connectivity index (χ4n) is 5.77. The van der Waals surface area contributed by atoms with Crippen molar-refractivity contribution in [2.45, 2.75) is 70.3 Å². The first-order chi connectivity index (χ1) is 19.6. The molecule has 4 rings (SSSR count). The highest BCUT2D eigenvalue weighted by molar-refractivity contribution is 5.78. The van der Waals surface area contributed by atoms with E-state index in [2.05, 4.69) is 4.90 Å². The molecule has 1 aliphatic rings. The van der Waals surface area contributed by atoms with Crippen LogP contribution in [0.5, 0.6) is 0 Å². The maximum Gasteiger partial charge on any atom is 0.416 e. The molecule has 0 amide bonds. The molecule has 2 unspecified atom stereocenters. The standard InChI is InChI=1S/C33H35F6NO2/c1-20(2)15-30(31(41)42)27-17-25(23-8-12-29(13-9-23)33(37,38)39)16-26(18-27)24-5-4-14-40(19-24)21(3)22-6-10-28(11-7-22)32(34,35)36/h6-13,16-18,20-21,24,30H,4-5,14-15,19H2,1-3H3,(H,41,42)/t21-,24?,30?/m0/s1. The molecule has 0 bridgehead atoms. The SMILES string of the molecule is CC(C)CC(C(=O)O)c1cc(-c2ccc(C(F)(F)F)cc2)cc(C2CCCN([C@@H](C)c3ccc(C(F)(F)F)cc3)C2)c1. The topological polar surface area (TPSA) is 40.5 Å². The van der Waals surface area contributed by atoms with Crippen LogP contribution in [0.2, 0.25) is 0 Å². The van der Waals surface area contributed by atoms with Crippen molar-refractivity contribution in [1.82, 2.24) is 4.90 Å².